The molecule has 0 aliphatic heterocycles. The summed E-state index contributed by atoms with van der Waals surface area (Å²) in [6, 6.07) is 7.95. The number of nitrogens with zero attached hydrogens (tertiary/aromatic N) is 1. The van der Waals surface area contributed by atoms with Crippen molar-refractivity contribution >= 4 is 21.6 Å². The predicted molar refractivity (Wildman–Crippen MR) is 150 cm³/mol. The summed E-state index contributed by atoms with van der Waals surface area (Å²) in [7, 11) is 0. The highest BCUT2D eigenvalue weighted by Gasteiger charge is 2.39. The summed E-state index contributed by atoms with van der Waals surface area (Å²) in [6.07, 6.45) is -11.7. The fourth-order valence-corrected chi connectivity index (χ4v) is 6.16. The van der Waals surface area contributed by atoms with Gasteiger partial charge in [0.15, 0.2) is 17.6 Å². The third-order valence-electron chi connectivity index (χ3n) is 7.12. The van der Waals surface area contributed by atoms with Gasteiger partial charge in [-0.05, 0) is 72.2 Å². The number of fused-ring (bicyclic) bond motifs is 1. The van der Waals surface area contributed by atoms with Crippen molar-refractivity contribution in [1.82, 2.24) is 9.55 Å². The Labute approximate surface area is 249 Å². The van der Waals surface area contributed by atoms with E-state index in [9.17, 15) is 45.4 Å². The maximum Gasteiger partial charge on any atom is 0.573 e. The van der Waals surface area contributed by atoms with E-state index in [1.165, 1.54) is 25.1 Å². The first kappa shape index (κ1) is 33.1. The number of aliphatic hydroxyl groups excluding tert-OH is 1. The van der Waals surface area contributed by atoms with Gasteiger partial charge in [0, 0.05) is 4.88 Å². The Morgan fingerprint density at radius 2 is 1.68 bits per heavy atom. The monoisotopic (exact) mass is 648 g/mol. The fourth-order valence-electron chi connectivity index (χ4n) is 4.85. The molecule has 7 nitrogen and oxygen atoms in total. The molecule has 0 saturated heterocycles. The maximum absolute atomic E-state index is 14.7. The Balaban J connectivity index is 1.73. The summed E-state index contributed by atoms with van der Waals surface area (Å²) in [5.74, 6) is -1.54. The molecule has 2 N–H and O–H groups in total. The Kier molecular flexibility index (Phi) is 9.49. The SMILES string of the molecule is CCC(CC)c1ccc(COc2ccc(-c3sc4c(c3C)c(=O)[nH]c(=O)n4CC(O)C(F)(F)F)cc2OC(F)(F)F)cc1F. The van der Waals surface area contributed by atoms with Gasteiger partial charge in [-0.1, -0.05) is 26.0 Å². The second-order valence-electron chi connectivity index (χ2n) is 10.0. The molecule has 2 heterocycles. The van der Waals surface area contributed by atoms with E-state index in [-0.39, 0.29) is 44.5 Å². The van der Waals surface area contributed by atoms with Gasteiger partial charge in [-0.2, -0.15) is 13.2 Å². The van der Waals surface area contributed by atoms with Crippen molar-refractivity contribution in [3.05, 3.63) is 79.7 Å². The average Bonchev–Trinajstić information content (AvgIpc) is 3.27. The third-order valence-corrected chi connectivity index (χ3v) is 8.48. The van der Waals surface area contributed by atoms with Crippen LogP contribution in [-0.4, -0.2) is 33.3 Å². The molecule has 0 aliphatic rings. The molecular weight excluding hydrogens is 621 g/mol. The Bertz CT molecular complexity index is 1770. The molecule has 0 bridgehead atoms. The summed E-state index contributed by atoms with van der Waals surface area (Å²) in [5, 5.41) is 9.37. The molecule has 4 aromatic rings. The fraction of sp³-hybridized carbons (Fsp3) is 0.379. The molecule has 0 spiro atoms. The topological polar surface area (TPSA) is 93.6 Å². The molecule has 1 atom stereocenters. The summed E-state index contributed by atoms with van der Waals surface area (Å²) < 4.78 is 104. The smallest absolute Gasteiger partial charge is 0.485 e. The van der Waals surface area contributed by atoms with Gasteiger partial charge in [0.25, 0.3) is 5.56 Å². The van der Waals surface area contributed by atoms with Crippen LogP contribution in [0.2, 0.25) is 0 Å². The molecule has 0 amide bonds. The normalized spacial score (nSPS) is 13.1. The van der Waals surface area contributed by atoms with E-state index < -0.39 is 48.0 Å². The quantitative estimate of drug-likeness (QED) is 0.178. The van der Waals surface area contributed by atoms with E-state index in [1.54, 1.807) is 12.1 Å². The Hall–Kier alpha value is -3.85. The van der Waals surface area contributed by atoms with Crippen molar-refractivity contribution in [3.63, 3.8) is 0 Å². The summed E-state index contributed by atoms with van der Waals surface area (Å²) in [4.78, 5) is 26.8. The molecule has 2 aromatic heterocycles. The lowest BCUT2D eigenvalue weighted by Crippen LogP contribution is -2.38. The van der Waals surface area contributed by atoms with Crippen LogP contribution >= 0.6 is 11.3 Å². The highest BCUT2D eigenvalue weighted by molar-refractivity contribution is 7.22. The number of rotatable bonds is 10. The van der Waals surface area contributed by atoms with Crippen molar-refractivity contribution < 1.29 is 45.3 Å². The molecule has 4 rings (SSSR count). The van der Waals surface area contributed by atoms with E-state index in [0.29, 0.717) is 27.0 Å². The Morgan fingerprint density at radius 1 is 1.00 bits per heavy atom. The molecule has 0 saturated carbocycles. The Morgan fingerprint density at radius 3 is 2.27 bits per heavy atom. The number of hydrogen-bond donors (Lipinski definition) is 2. The van der Waals surface area contributed by atoms with Gasteiger partial charge in [-0.3, -0.25) is 14.3 Å². The first-order valence-corrected chi connectivity index (χ1v) is 14.2. The zero-order chi connectivity index (χ0) is 32.6. The van der Waals surface area contributed by atoms with Crippen molar-refractivity contribution in [2.75, 3.05) is 0 Å². The van der Waals surface area contributed by atoms with Gasteiger partial charge in [0.1, 0.15) is 17.3 Å². The van der Waals surface area contributed by atoms with Crippen molar-refractivity contribution in [2.24, 2.45) is 0 Å². The van der Waals surface area contributed by atoms with Crippen LogP contribution in [0.25, 0.3) is 20.7 Å². The van der Waals surface area contributed by atoms with Crippen molar-refractivity contribution in [2.45, 2.75) is 71.3 Å². The minimum absolute atomic E-state index is 0.0154. The number of alkyl halides is 6. The van der Waals surface area contributed by atoms with Crippen LogP contribution in [0, 0.1) is 12.7 Å². The van der Waals surface area contributed by atoms with E-state index in [4.69, 9.17) is 4.74 Å². The number of benzene rings is 2. The maximum atomic E-state index is 14.7. The van der Waals surface area contributed by atoms with Crippen LogP contribution in [-0.2, 0) is 13.2 Å². The number of aryl methyl sites for hydroxylation is 1. The number of ether oxygens (including phenoxy) is 2. The van der Waals surface area contributed by atoms with Crippen LogP contribution in [0.3, 0.4) is 0 Å². The highest BCUT2D eigenvalue weighted by Crippen LogP contribution is 2.42. The average molecular weight is 649 g/mol. The van der Waals surface area contributed by atoms with Gasteiger partial charge in [-0.15, -0.1) is 24.5 Å². The molecule has 1 unspecified atom stereocenters. The van der Waals surface area contributed by atoms with Crippen molar-refractivity contribution in [3.8, 4) is 21.9 Å². The van der Waals surface area contributed by atoms with Gasteiger partial charge in [-0.25, -0.2) is 9.18 Å². The molecule has 238 valence electrons. The van der Waals surface area contributed by atoms with Gasteiger partial charge in [0.2, 0.25) is 0 Å². The summed E-state index contributed by atoms with van der Waals surface area (Å²) >= 11 is 0.681. The molecule has 15 heteroatoms. The lowest BCUT2D eigenvalue weighted by atomic mass is 9.93. The number of aromatic nitrogens is 2. The molecule has 0 fully saturated rings. The number of aliphatic hydroxyl groups is 1. The highest BCUT2D eigenvalue weighted by atomic mass is 32.1. The second kappa shape index (κ2) is 12.6. The summed E-state index contributed by atoms with van der Waals surface area (Å²) in [6.45, 7) is 3.77. The number of nitrogens with one attached hydrogen (secondary N) is 1. The minimum Gasteiger partial charge on any atom is -0.485 e. The third kappa shape index (κ3) is 7.09. The van der Waals surface area contributed by atoms with Crippen LogP contribution in [0.4, 0.5) is 30.7 Å². The van der Waals surface area contributed by atoms with Crippen molar-refractivity contribution in [1.29, 1.82) is 0 Å². The van der Waals surface area contributed by atoms with Crippen LogP contribution in [0.15, 0.2) is 46.0 Å². The van der Waals surface area contributed by atoms with Crippen LogP contribution in [0.5, 0.6) is 11.5 Å². The molecule has 0 aliphatic carbocycles. The molecule has 44 heavy (non-hydrogen) atoms. The lowest BCUT2D eigenvalue weighted by Gasteiger charge is -2.17. The molecular formula is C29H27F7N2O5S. The largest absolute Gasteiger partial charge is 0.573 e. The van der Waals surface area contributed by atoms with E-state index >= 15 is 0 Å². The standard InChI is InChI=1S/C29H27F7N2O5S/c1-4-16(5-2)18-8-6-15(10-19(18)30)13-42-20-9-7-17(11-21(20)43-29(34,35)36)24-14(3)23-25(40)37-27(41)38(26(23)44-24)12-22(39)28(31,32)33/h6-11,16,22,39H,4-5,12-13H2,1-3H3,(H,37,40,41). The summed E-state index contributed by atoms with van der Waals surface area (Å²) in [5.41, 5.74) is -0.991. The number of aromatic amines is 1. The predicted octanol–water partition coefficient (Wildman–Crippen LogP) is 7.17. The molecule has 0 radical (unpaired) electrons. The molecule has 2 aromatic carbocycles. The zero-order valence-electron chi connectivity index (χ0n) is 23.5. The number of H-pyrrole nitrogens is 1. The number of thiophene rings is 1. The zero-order valence-corrected chi connectivity index (χ0v) is 24.3. The lowest BCUT2D eigenvalue weighted by molar-refractivity contribution is -0.275. The van der Waals surface area contributed by atoms with E-state index in [0.717, 1.165) is 18.9 Å². The van der Waals surface area contributed by atoms with E-state index in [1.807, 2.05) is 18.8 Å². The van der Waals surface area contributed by atoms with E-state index in [2.05, 4.69) is 4.74 Å². The van der Waals surface area contributed by atoms with Gasteiger partial charge < -0.3 is 14.6 Å². The van der Waals surface area contributed by atoms with Crippen LogP contribution in [0.1, 0.15) is 49.3 Å². The van der Waals surface area contributed by atoms with Crippen LogP contribution < -0.4 is 20.7 Å². The number of halogens is 7. The first-order valence-electron chi connectivity index (χ1n) is 13.4. The minimum atomic E-state index is -5.14. The van der Waals surface area contributed by atoms with Gasteiger partial charge in [0.05, 0.1) is 11.9 Å². The number of hydrogen-bond acceptors (Lipinski definition) is 6. The first-order chi connectivity index (χ1) is 20.5. The second-order valence-corrected chi connectivity index (χ2v) is 11.0. The van der Waals surface area contributed by atoms with Gasteiger partial charge >= 0.3 is 18.2 Å².